The molecule has 1 aromatic rings. The van der Waals surface area contributed by atoms with Crippen molar-refractivity contribution < 1.29 is 13.6 Å². The Morgan fingerprint density at radius 3 is 2.72 bits per heavy atom. The molecular weight excluding hydrogens is 238 g/mol. The van der Waals surface area contributed by atoms with Gasteiger partial charge in [0.2, 0.25) is 5.91 Å². The molecule has 1 unspecified atom stereocenters. The van der Waals surface area contributed by atoms with E-state index in [0.717, 1.165) is 37.9 Å². The van der Waals surface area contributed by atoms with Crippen molar-refractivity contribution in [3.8, 4) is 0 Å². The van der Waals surface area contributed by atoms with Gasteiger partial charge in [-0.2, -0.15) is 0 Å². The van der Waals surface area contributed by atoms with E-state index in [2.05, 4.69) is 10.6 Å². The van der Waals surface area contributed by atoms with Crippen LogP contribution in [0.1, 0.15) is 26.2 Å². The van der Waals surface area contributed by atoms with Crippen LogP contribution < -0.4 is 10.6 Å². The van der Waals surface area contributed by atoms with Crippen LogP contribution in [0.4, 0.5) is 14.5 Å². The van der Waals surface area contributed by atoms with Gasteiger partial charge in [0.15, 0.2) is 11.6 Å². The Labute approximate surface area is 105 Å². The van der Waals surface area contributed by atoms with E-state index in [4.69, 9.17) is 0 Å². The SMILES string of the molecule is CC1(C(=O)Nc2ccc(F)c(F)c2)CCCCN1. The maximum absolute atomic E-state index is 13.0. The third-order valence-corrected chi connectivity index (χ3v) is 3.30. The monoisotopic (exact) mass is 254 g/mol. The van der Waals surface area contributed by atoms with Crippen molar-refractivity contribution in [2.24, 2.45) is 0 Å². The summed E-state index contributed by atoms with van der Waals surface area (Å²) >= 11 is 0. The van der Waals surface area contributed by atoms with Gasteiger partial charge in [0.05, 0.1) is 5.54 Å². The zero-order chi connectivity index (χ0) is 13.2. The molecule has 0 radical (unpaired) electrons. The predicted octanol–water partition coefficient (Wildman–Crippen LogP) is 2.44. The van der Waals surface area contributed by atoms with Gasteiger partial charge in [-0.3, -0.25) is 4.79 Å². The molecule has 1 aromatic carbocycles. The molecule has 3 nitrogen and oxygen atoms in total. The molecule has 2 rings (SSSR count). The Morgan fingerprint density at radius 2 is 2.11 bits per heavy atom. The molecule has 0 saturated carbocycles. The first-order valence-corrected chi connectivity index (χ1v) is 6.03. The minimum absolute atomic E-state index is 0.215. The van der Waals surface area contributed by atoms with Crippen LogP contribution in [0.3, 0.4) is 0 Å². The van der Waals surface area contributed by atoms with E-state index < -0.39 is 17.2 Å². The largest absolute Gasteiger partial charge is 0.324 e. The van der Waals surface area contributed by atoms with Crippen molar-refractivity contribution >= 4 is 11.6 Å². The van der Waals surface area contributed by atoms with Gasteiger partial charge >= 0.3 is 0 Å². The smallest absolute Gasteiger partial charge is 0.244 e. The molecule has 0 aromatic heterocycles. The first-order chi connectivity index (χ1) is 8.51. The maximum Gasteiger partial charge on any atom is 0.244 e. The molecule has 98 valence electrons. The molecular formula is C13H16F2N2O. The van der Waals surface area contributed by atoms with E-state index >= 15 is 0 Å². The minimum atomic E-state index is -0.963. The third kappa shape index (κ3) is 2.67. The Balaban J connectivity index is 2.08. The van der Waals surface area contributed by atoms with Crippen LogP contribution in [-0.4, -0.2) is 18.0 Å². The fraction of sp³-hybridized carbons (Fsp3) is 0.462. The van der Waals surface area contributed by atoms with Crippen LogP contribution in [0.5, 0.6) is 0 Å². The molecule has 2 N–H and O–H groups in total. The van der Waals surface area contributed by atoms with Gasteiger partial charge in [-0.05, 0) is 44.9 Å². The maximum atomic E-state index is 13.0. The first kappa shape index (κ1) is 13.0. The Bertz CT molecular complexity index is 456. The zero-order valence-electron chi connectivity index (χ0n) is 10.2. The van der Waals surface area contributed by atoms with Gasteiger partial charge in [-0.25, -0.2) is 8.78 Å². The number of benzene rings is 1. The van der Waals surface area contributed by atoms with Crippen molar-refractivity contribution in [3.05, 3.63) is 29.8 Å². The number of hydrogen-bond donors (Lipinski definition) is 2. The number of hydrogen-bond acceptors (Lipinski definition) is 2. The van der Waals surface area contributed by atoms with Crippen molar-refractivity contribution in [2.75, 3.05) is 11.9 Å². The highest BCUT2D eigenvalue weighted by Crippen LogP contribution is 2.21. The molecule has 1 heterocycles. The summed E-state index contributed by atoms with van der Waals surface area (Å²) in [6.07, 6.45) is 2.77. The normalized spacial score (nSPS) is 23.7. The average molecular weight is 254 g/mol. The lowest BCUT2D eigenvalue weighted by molar-refractivity contribution is -0.122. The number of rotatable bonds is 2. The van der Waals surface area contributed by atoms with Crippen LogP contribution in [0, 0.1) is 11.6 Å². The number of carbonyl (C=O) groups is 1. The van der Waals surface area contributed by atoms with E-state index in [1.165, 1.54) is 6.07 Å². The summed E-state index contributed by atoms with van der Waals surface area (Å²) in [5, 5.41) is 5.77. The van der Waals surface area contributed by atoms with Gasteiger partial charge in [0.1, 0.15) is 0 Å². The molecule has 1 atom stereocenters. The van der Waals surface area contributed by atoms with Crippen molar-refractivity contribution in [2.45, 2.75) is 31.7 Å². The lowest BCUT2D eigenvalue weighted by atomic mass is 9.90. The number of nitrogens with one attached hydrogen (secondary N) is 2. The van der Waals surface area contributed by atoms with Gasteiger partial charge in [-0.15, -0.1) is 0 Å². The number of anilines is 1. The highest BCUT2D eigenvalue weighted by Gasteiger charge is 2.34. The minimum Gasteiger partial charge on any atom is -0.324 e. The summed E-state index contributed by atoms with van der Waals surface area (Å²) in [5.74, 6) is -2.10. The van der Waals surface area contributed by atoms with Crippen molar-refractivity contribution in [1.82, 2.24) is 5.32 Å². The molecule has 0 aliphatic carbocycles. The van der Waals surface area contributed by atoms with Crippen LogP contribution >= 0.6 is 0 Å². The number of carbonyl (C=O) groups excluding carboxylic acids is 1. The van der Waals surface area contributed by atoms with E-state index in [1.807, 2.05) is 6.92 Å². The summed E-state index contributed by atoms with van der Waals surface area (Å²) in [4.78, 5) is 12.1. The molecule has 1 fully saturated rings. The quantitative estimate of drug-likeness (QED) is 0.851. The average Bonchev–Trinajstić information content (AvgIpc) is 2.35. The van der Waals surface area contributed by atoms with Crippen LogP contribution in [0.2, 0.25) is 0 Å². The third-order valence-electron chi connectivity index (χ3n) is 3.30. The highest BCUT2D eigenvalue weighted by molar-refractivity contribution is 5.97. The van der Waals surface area contributed by atoms with Gasteiger partial charge in [-0.1, -0.05) is 0 Å². The topological polar surface area (TPSA) is 41.1 Å². The van der Waals surface area contributed by atoms with Crippen LogP contribution in [-0.2, 0) is 4.79 Å². The van der Waals surface area contributed by atoms with E-state index in [9.17, 15) is 13.6 Å². The lowest BCUT2D eigenvalue weighted by Gasteiger charge is -2.33. The molecule has 1 amide bonds. The van der Waals surface area contributed by atoms with Gasteiger partial charge < -0.3 is 10.6 Å². The van der Waals surface area contributed by atoms with Crippen molar-refractivity contribution in [3.63, 3.8) is 0 Å². The van der Waals surface area contributed by atoms with E-state index in [-0.39, 0.29) is 11.6 Å². The second kappa shape index (κ2) is 5.02. The second-order valence-electron chi connectivity index (χ2n) is 4.80. The second-order valence-corrected chi connectivity index (χ2v) is 4.80. The molecule has 5 heteroatoms. The summed E-state index contributed by atoms with van der Waals surface area (Å²) in [5.41, 5.74) is -0.365. The standard InChI is InChI=1S/C13H16F2N2O/c1-13(6-2-3-7-16-13)12(18)17-9-4-5-10(14)11(15)8-9/h4-5,8,16H,2-3,6-7H2,1H3,(H,17,18). The molecule has 0 bridgehead atoms. The van der Waals surface area contributed by atoms with E-state index in [1.54, 1.807) is 0 Å². The Morgan fingerprint density at radius 1 is 1.33 bits per heavy atom. The predicted molar refractivity (Wildman–Crippen MR) is 65.2 cm³/mol. The molecule has 1 aliphatic heterocycles. The van der Waals surface area contributed by atoms with E-state index in [0.29, 0.717) is 0 Å². The van der Waals surface area contributed by atoms with Crippen molar-refractivity contribution in [1.29, 1.82) is 0 Å². The molecule has 0 spiro atoms. The molecule has 1 aliphatic rings. The Kier molecular flexibility index (Phi) is 3.61. The van der Waals surface area contributed by atoms with Gasteiger partial charge in [0, 0.05) is 11.8 Å². The van der Waals surface area contributed by atoms with Crippen LogP contribution in [0.25, 0.3) is 0 Å². The number of piperidine rings is 1. The number of halogens is 2. The molecule has 18 heavy (non-hydrogen) atoms. The van der Waals surface area contributed by atoms with Gasteiger partial charge in [0.25, 0.3) is 0 Å². The summed E-state index contributed by atoms with van der Waals surface area (Å²) in [6.45, 7) is 2.61. The van der Waals surface area contributed by atoms with Crippen LogP contribution in [0.15, 0.2) is 18.2 Å². The molecule has 1 saturated heterocycles. The lowest BCUT2D eigenvalue weighted by Crippen LogP contribution is -2.54. The highest BCUT2D eigenvalue weighted by atomic mass is 19.2. The summed E-state index contributed by atoms with van der Waals surface area (Å²) < 4.78 is 25.8. The fourth-order valence-corrected chi connectivity index (χ4v) is 2.09. The Hall–Kier alpha value is -1.49. The summed E-state index contributed by atoms with van der Waals surface area (Å²) in [7, 11) is 0. The fourth-order valence-electron chi connectivity index (χ4n) is 2.09. The summed E-state index contributed by atoms with van der Waals surface area (Å²) in [6, 6.07) is 3.34. The number of amides is 1. The zero-order valence-corrected chi connectivity index (χ0v) is 10.2. The first-order valence-electron chi connectivity index (χ1n) is 6.03.